The summed E-state index contributed by atoms with van der Waals surface area (Å²) in [5.74, 6) is 2.45. The van der Waals surface area contributed by atoms with Gasteiger partial charge in [-0.3, -0.25) is 4.79 Å². The molecule has 0 radical (unpaired) electrons. The van der Waals surface area contributed by atoms with Crippen LogP contribution < -0.4 is 5.32 Å². The Morgan fingerprint density at radius 3 is 2.17 bits per heavy atom. The number of carbonyl (C=O) groups excluding carboxylic acids is 1. The highest BCUT2D eigenvalue weighted by Crippen LogP contribution is 2.21. The third-order valence-electron chi connectivity index (χ3n) is 5.82. The molecule has 1 N–H and O–H groups in total. The highest BCUT2D eigenvalue weighted by molar-refractivity contribution is 5.94. The monoisotopic (exact) mass is 414 g/mol. The summed E-state index contributed by atoms with van der Waals surface area (Å²) in [5, 5.41) is 3.45. The second-order valence-electron chi connectivity index (χ2n) is 9.19. The fraction of sp³-hybridized carbons (Fsp3) is 0.667. The largest absolute Gasteiger partial charge is 0.372 e. The maximum Gasteiger partial charge on any atom is 0.254 e. The van der Waals surface area contributed by atoms with Crippen molar-refractivity contribution in [2.24, 2.45) is 16.8 Å². The number of rotatable bonds is 4. The number of likely N-dealkylation sites (tertiary alicyclic amines) is 1. The van der Waals surface area contributed by atoms with Crippen molar-refractivity contribution in [3.05, 3.63) is 35.4 Å². The van der Waals surface area contributed by atoms with Crippen molar-refractivity contribution < 1.29 is 9.53 Å². The zero-order valence-corrected chi connectivity index (χ0v) is 19.2. The third-order valence-corrected chi connectivity index (χ3v) is 5.82. The van der Waals surface area contributed by atoms with Gasteiger partial charge in [-0.2, -0.15) is 0 Å². The Balaban J connectivity index is 1.64. The van der Waals surface area contributed by atoms with E-state index in [0.717, 1.165) is 36.7 Å². The van der Waals surface area contributed by atoms with Gasteiger partial charge in [0.25, 0.3) is 5.91 Å². The van der Waals surface area contributed by atoms with Gasteiger partial charge in [0.15, 0.2) is 5.96 Å². The fourth-order valence-electron chi connectivity index (χ4n) is 4.71. The summed E-state index contributed by atoms with van der Waals surface area (Å²) in [5.41, 5.74) is 1.85. The first-order valence-corrected chi connectivity index (χ1v) is 11.4. The molecule has 6 heteroatoms. The van der Waals surface area contributed by atoms with Crippen molar-refractivity contribution in [1.29, 1.82) is 0 Å². The van der Waals surface area contributed by atoms with Crippen molar-refractivity contribution in [2.45, 2.75) is 59.8 Å². The molecule has 2 aliphatic rings. The van der Waals surface area contributed by atoms with Gasteiger partial charge in [0.05, 0.1) is 18.8 Å². The number of carbonyl (C=O) groups is 1. The quantitative estimate of drug-likeness (QED) is 0.606. The van der Waals surface area contributed by atoms with Gasteiger partial charge in [-0.15, -0.1) is 0 Å². The van der Waals surface area contributed by atoms with Crippen LogP contribution >= 0.6 is 0 Å². The van der Waals surface area contributed by atoms with Gasteiger partial charge in [0, 0.05) is 38.3 Å². The summed E-state index contributed by atoms with van der Waals surface area (Å²) in [6, 6.07) is 7.90. The Morgan fingerprint density at radius 2 is 1.60 bits per heavy atom. The molecule has 4 unspecified atom stereocenters. The predicted octanol–water partition coefficient (Wildman–Crippen LogP) is 3.38. The summed E-state index contributed by atoms with van der Waals surface area (Å²) < 4.78 is 5.74. The fourth-order valence-corrected chi connectivity index (χ4v) is 4.71. The topological polar surface area (TPSA) is 57.2 Å². The number of amides is 1. The zero-order chi connectivity index (χ0) is 21.7. The minimum Gasteiger partial charge on any atom is -0.372 e. The maximum absolute atomic E-state index is 12.8. The highest BCUT2D eigenvalue weighted by atomic mass is 16.5. The van der Waals surface area contributed by atoms with E-state index in [-0.39, 0.29) is 18.1 Å². The third kappa shape index (κ3) is 5.97. The van der Waals surface area contributed by atoms with Crippen molar-refractivity contribution in [1.82, 2.24) is 15.1 Å². The van der Waals surface area contributed by atoms with Gasteiger partial charge in [0.2, 0.25) is 0 Å². The highest BCUT2D eigenvalue weighted by Gasteiger charge is 2.27. The lowest BCUT2D eigenvalue weighted by atomic mass is 9.92. The van der Waals surface area contributed by atoms with E-state index < -0.39 is 0 Å². The number of hydrogen-bond acceptors (Lipinski definition) is 3. The van der Waals surface area contributed by atoms with E-state index in [4.69, 9.17) is 9.73 Å². The van der Waals surface area contributed by atoms with Gasteiger partial charge in [-0.05, 0) is 56.7 Å². The molecule has 1 aromatic rings. The molecule has 2 fully saturated rings. The Kier molecular flexibility index (Phi) is 7.75. The van der Waals surface area contributed by atoms with E-state index >= 15 is 0 Å². The summed E-state index contributed by atoms with van der Waals surface area (Å²) in [4.78, 5) is 22.0. The Hall–Kier alpha value is -2.08. The lowest BCUT2D eigenvalue weighted by molar-refractivity contribution is -0.0586. The average molecular weight is 415 g/mol. The van der Waals surface area contributed by atoms with E-state index in [1.807, 2.05) is 43.0 Å². The van der Waals surface area contributed by atoms with Crippen molar-refractivity contribution in [3.8, 4) is 0 Å². The predicted molar refractivity (Wildman–Crippen MR) is 122 cm³/mol. The molecule has 30 heavy (non-hydrogen) atoms. The molecular weight excluding hydrogens is 376 g/mol. The molecule has 4 atom stereocenters. The normalized spacial score (nSPS) is 27.8. The lowest BCUT2D eigenvalue weighted by Crippen LogP contribution is -2.48. The minimum absolute atomic E-state index is 0.0796. The van der Waals surface area contributed by atoms with E-state index in [9.17, 15) is 4.79 Å². The van der Waals surface area contributed by atoms with Crippen LogP contribution in [0.5, 0.6) is 0 Å². The Labute approximate surface area is 181 Å². The first-order chi connectivity index (χ1) is 14.4. The number of nitrogens with zero attached hydrogens (tertiary/aromatic N) is 3. The van der Waals surface area contributed by atoms with Crippen molar-refractivity contribution >= 4 is 11.9 Å². The summed E-state index contributed by atoms with van der Waals surface area (Å²) >= 11 is 0. The molecule has 3 rings (SSSR count). The van der Waals surface area contributed by atoms with E-state index in [1.165, 1.54) is 6.42 Å². The van der Waals surface area contributed by atoms with Crippen molar-refractivity contribution in [2.75, 3.05) is 32.7 Å². The second kappa shape index (κ2) is 10.3. The number of hydrogen-bond donors (Lipinski definition) is 1. The van der Waals surface area contributed by atoms with Gasteiger partial charge >= 0.3 is 0 Å². The minimum atomic E-state index is 0.0796. The Morgan fingerprint density at radius 1 is 1.00 bits per heavy atom. The average Bonchev–Trinajstić information content (AvgIpc) is 2.69. The van der Waals surface area contributed by atoms with Crippen LogP contribution in [0.1, 0.15) is 57.0 Å². The van der Waals surface area contributed by atoms with E-state index in [0.29, 0.717) is 31.5 Å². The molecule has 2 heterocycles. The standard InChI is InChI=1S/C24H38N4O2/c1-6-25-24(28-13-17(2)11-18(3)14-28)26-12-21-7-9-22(10-8-21)23(29)27-15-19(4)30-20(5)16-27/h7-10,17-20H,6,11-16H2,1-5H3,(H,25,26). The number of nitrogens with one attached hydrogen (secondary N) is 1. The second-order valence-corrected chi connectivity index (χ2v) is 9.19. The van der Waals surface area contributed by atoms with E-state index in [2.05, 4.69) is 31.0 Å². The summed E-state index contributed by atoms with van der Waals surface area (Å²) in [6.07, 6.45) is 1.44. The molecule has 2 saturated heterocycles. The molecule has 0 aromatic heterocycles. The molecule has 0 bridgehead atoms. The molecule has 0 spiro atoms. The van der Waals surface area contributed by atoms with Gasteiger partial charge in [0.1, 0.15) is 0 Å². The van der Waals surface area contributed by atoms with Crippen LogP contribution in [-0.4, -0.2) is 66.6 Å². The van der Waals surface area contributed by atoms with Crippen LogP contribution in [0.15, 0.2) is 29.3 Å². The smallest absolute Gasteiger partial charge is 0.254 e. The first kappa shape index (κ1) is 22.6. The number of aliphatic imine (C=N–C) groups is 1. The van der Waals surface area contributed by atoms with Crippen LogP contribution in [0.3, 0.4) is 0 Å². The van der Waals surface area contributed by atoms with Crippen molar-refractivity contribution in [3.63, 3.8) is 0 Å². The Bertz CT molecular complexity index is 713. The zero-order valence-electron chi connectivity index (χ0n) is 19.2. The SMILES string of the molecule is CCNC(=NCc1ccc(C(=O)N2CC(C)OC(C)C2)cc1)N1CC(C)CC(C)C1. The van der Waals surface area contributed by atoms with Crippen LogP contribution in [0.25, 0.3) is 0 Å². The number of benzene rings is 1. The number of ether oxygens (including phenoxy) is 1. The summed E-state index contributed by atoms with van der Waals surface area (Å²) in [7, 11) is 0. The molecule has 166 valence electrons. The lowest BCUT2D eigenvalue weighted by Gasteiger charge is -2.37. The number of guanidine groups is 1. The van der Waals surface area contributed by atoms with Gasteiger partial charge in [-0.25, -0.2) is 4.99 Å². The van der Waals surface area contributed by atoms with Gasteiger partial charge < -0.3 is 19.9 Å². The molecule has 2 aliphatic heterocycles. The number of morpholine rings is 1. The molecule has 1 amide bonds. The molecule has 1 aromatic carbocycles. The molecular formula is C24H38N4O2. The maximum atomic E-state index is 12.8. The molecule has 6 nitrogen and oxygen atoms in total. The first-order valence-electron chi connectivity index (χ1n) is 11.4. The summed E-state index contributed by atoms with van der Waals surface area (Å²) in [6.45, 7) is 15.7. The molecule has 0 saturated carbocycles. The van der Waals surface area contributed by atoms with Crippen LogP contribution in [0.2, 0.25) is 0 Å². The van der Waals surface area contributed by atoms with Crippen LogP contribution in [0.4, 0.5) is 0 Å². The number of piperidine rings is 1. The van der Waals surface area contributed by atoms with E-state index in [1.54, 1.807) is 0 Å². The van der Waals surface area contributed by atoms with Gasteiger partial charge in [-0.1, -0.05) is 26.0 Å². The van der Waals surface area contributed by atoms with Crippen LogP contribution in [-0.2, 0) is 11.3 Å². The molecule has 0 aliphatic carbocycles. The van der Waals surface area contributed by atoms with Crippen LogP contribution in [0, 0.1) is 11.8 Å².